The molecule has 1 aromatic carbocycles. The first kappa shape index (κ1) is 18.5. The SMILES string of the molecule is Cc1c(C)c2ccc(O[C@@H](C)C(=O)NCCC(=O)[O-])c(C)c2oc1=O. The Morgan fingerprint density at radius 1 is 1.20 bits per heavy atom. The molecule has 1 aromatic heterocycles. The Morgan fingerprint density at radius 3 is 2.52 bits per heavy atom. The van der Waals surface area contributed by atoms with E-state index in [4.69, 9.17) is 9.15 Å². The number of benzene rings is 1. The van der Waals surface area contributed by atoms with Gasteiger partial charge in [-0.05, 0) is 45.4 Å². The van der Waals surface area contributed by atoms with E-state index in [0.717, 1.165) is 10.9 Å². The first-order valence-corrected chi connectivity index (χ1v) is 7.90. The van der Waals surface area contributed by atoms with Crippen molar-refractivity contribution in [3.8, 4) is 5.75 Å². The maximum Gasteiger partial charge on any atom is 0.339 e. The molecule has 2 rings (SSSR count). The smallest absolute Gasteiger partial charge is 0.339 e. The van der Waals surface area contributed by atoms with Crippen LogP contribution in [0.25, 0.3) is 11.0 Å². The molecule has 0 radical (unpaired) electrons. The summed E-state index contributed by atoms with van der Waals surface area (Å²) >= 11 is 0. The van der Waals surface area contributed by atoms with Crippen molar-refractivity contribution in [2.75, 3.05) is 6.54 Å². The third-order valence-electron chi connectivity index (χ3n) is 4.12. The molecule has 7 nitrogen and oxygen atoms in total. The van der Waals surface area contributed by atoms with Gasteiger partial charge in [0.1, 0.15) is 11.3 Å². The Bertz CT molecular complexity index is 883. The van der Waals surface area contributed by atoms with Gasteiger partial charge in [-0.2, -0.15) is 0 Å². The zero-order valence-electron chi connectivity index (χ0n) is 14.6. The number of amides is 1. The van der Waals surface area contributed by atoms with E-state index in [0.29, 0.717) is 22.5 Å². The van der Waals surface area contributed by atoms with Crippen LogP contribution >= 0.6 is 0 Å². The Morgan fingerprint density at radius 2 is 1.88 bits per heavy atom. The van der Waals surface area contributed by atoms with Gasteiger partial charge >= 0.3 is 5.63 Å². The lowest BCUT2D eigenvalue weighted by molar-refractivity contribution is -0.305. The van der Waals surface area contributed by atoms with Crippen LogP contribution in [-0.2, 0) is 9.59 Å². The maximum atomic E-state index is 11.9. The van der Waals surface area contributed by atoms with Gasteiger partial charge in [-0.1, -0.05) is 0 Å². The molecule has 7 heteroatoms. The van der Waals surface area contributed by atoms with Gasteiger partial charge in [0.2, 0.25) is 0 Å². The number of aryl methyl sites for hydroxylation is 2. The van der Waals surface area contributed by atoms with E-state index in [-0.39, 0.29) is 13.0 Å². The lowest BCUT2D eigenvalue weighted by Crippen LogP contribution is -2.38. The summed E-state index contributed by atoms with van der Waals surface area (Å²) in [6.07, 6.45) is -1.10. The molecule has 1 amide bonds. The van der Waals surface area contributed by atoms with Crippen LogP contribution in [0.3, 0.4) is 0 Å². The number of carboxylic acids is 1. The second kappa shape index (κ2) is 7.38. The minimum atomic E-state index is -1.24. The van der Waals surface area contributed by atoms with E-state index >= 15 is 0 Å². The second-order valence-electron chi connectivity index (χ2n) is 5.88. The highest BCUT2D eigenvalue weighted by molar-refractivity contribution is 5.86. The van der Waals surface area contributed by atoms with Gasteiger partial charge in [0, 0.05) is 35.4 Å². The van der Waals surface area contributed by atoms with Crippen molar-refractivity contribution >= 4 is 22.8 Å². The Hall–Kier alpha value is -2.83. The predicted octanol–water partition coefficient (Wildman–Crippen LogP) is 0.742. The predicted molar refractivity (Wildman–Crippen MR) is 89.4 cm³/mol. The lowest BCUT2D eigenvalue weighted by atomic mass is 10.0. The third kappa shape index (κ3) is 3.99. The molecule has 0 saturated heterocycles. The van der Waals surface area contributed by atoms with E-state index in [1.54, 1.807) is 32.9 Å². The molecule has 0 aliphatic rings. The zero-order chi connectivity index (χ0) is 18.7. The number of aliphatic carboxylic acids is 1. The molecule has 134 valence electrons. The van der Waals surface area contributed by atoms with Crippen LogP contribution in [0.5, 0.6) is 5.75 Å². The molecule has 0 saturated carbocycles. The van der Waals surface area contributed by atoms with Crippen LogP contribution < -0.4 is 20.8 Å². The summed E-state index contributed by atoms with van der Waals surface area (Å²) in [5, 5.41) is 13.6. The Labute approximate surface area is 144 Å². The topological polar surface area (TPSA) is 109 Å². The van der Waals surface area contributed by atoms with Gasteiger partial charge in [0.25, 0.3) is 5.91 Å². The number of carbonyl (C=O) groups excluding carboxylic acids is 2. The molecule has 1 heterocycles. The fourth-order valence-electron chi connectivity index (χ4n) is 2.43. The minimum absolute atomic E-state index is 0.0289. The van der Waals surface area contributed by atoms with Crippen molar-refractivity contribution in [2.24, 2.45) is 0 Å². The third-order valence-corrected chi connectivity index (χ3v) is 4.12. The van der Waals surface area contributed by atoms with E-state index in [9.17, 15) is 19.5 Å². The fourth-order valence-corrected chi connectivity index (χ4v) is 2.43. The molecule has 1 atom stereocenters. The van der Waals surface area contributed by atoms with Gasteiger partial charge < -0.3 is 24.4 Å². The number of hydrogen-bond donors (Lipinski definition) is 1. The van der Waals surface area contributed by atoms with Crippen LogP contribution in [-0.4, -0.2) is 24.5 Å². The number of carbonyl (C=O) groups is 2. The molecule has 1 N–H and O–H groups in total. The van der Waals surface area contributed by atoms with Gasteiger partial charge in [0.15, 0.2) is 6.10 Å². The van der Waals surface area contributed by atoms with Crippen molar-refractivity contribution in [1.82, 2.24) is 5.32 Å². The van der Waals surface area contributed by atoms with Crippen molar-refractivity contribution in [3.05, 3.63) is 39.2 Å². The maximum absolute atomic E-state index is 11.9. The van der Waals surface area contributed by atoms with Crippen molar-refractivity contribution in [2.45, 2.75) is 40.2 Å². The molecule has 25 heavy (non-hydrogen) atoms. The molecule has 0 spiro atoms. The molecular formula is C18H20NO6-. The Kier molecular flexibility index (Phi) is 5.46. The molecule has 2 aromatic rings. The molecule has 0 aliphatic carbocycles. The summed E-state index contributed by atoms with van der Waals surface area (Å²) in [5.41, 5.74) is 2.04. The molecule has 0 unspecified atom stereocenters. The van der Waals surface area contributed by atoms with Crippen LogP contribution in [0, 0.1) is 20.8 Å². The highest BCUT2D eigenvalue weighted by atomic mass is 16.5. The average Bonchev–Trinajstić information content (AvgIpc) is 2.55. The Balaban J connectivity index is 2.23. The fraction of sp³-hybridized carbons (Fsp3) is 0.389. The monoisotopic (exact) mass is 346 g/mol. The van der Waals surface area contributed by atoms with Gasteiger partial charge in [0.05, 0.1) is 0 Å². The average molecular weight is 346 g/mol. The summed E-state index contributed by atoms with van der Waals surface area (Å²) in [7, 11) is 0. The van der Waals surface area contributed by atoms with Crippen molar-refractivity contribution in [3.63, 3.8) is 0 Å². The summed E-state index contributed by atoms with van der Waals surface area (Å²) < 4.78 is 11.0. The number of fused-ring (bicyclic) bond motifs is 1. The second-order valence-corrected chi connectivity index (χ2v) is 5.88. The van der Waals surface area contributed by atoms with E-state index < -0.39 is 23.6 Å². The number of rotatable bonds is 6. The first-order chi connectivity index (χ1) is 11.7. The normalized spacial score (nSPS) is 12.0. The largest absolute Gasteiger partial charge is 0.550 e. The number of nitrogens with one attached hydrogen (secondary N) is 1. The summed E-state index contributed by atoms with van der Waals surface area (Å²) in [6.45, 7) is 6.82. The van der Waals surface area contributed by atoms with Crippen LogP contribution in [0.4, 0.5) is 0 Å². The quantitative estimate of drug-likeness (QED) is 0.773. The van der Waals surface area contributed by atoms with Gasteiger partial charge in [-0.3, -0.25) is 4.79 Å². The molecule has 0 bridgehead atoms. The van der Waals surface area contributed by atoms with Crippen LogP contribution in [0.2, 0.25) is 0 Å². The molecular weight excluding hydrogens is 326 g/mol. The summed E-state index contributed by atoms with van der Waals surface area (Å²) in [5.74, 6) is -1.26. The van der Waals surface area contributed by atoms with E-state index in [1.165, 1.54) is 0 Å². The lowest BCUT2D eigenvalue weighted by Gasteiger charge is -2.17. The van der Waals surface area contributed by atoms with Crippen LogP contribution in [0.15, 0.2) is 21.3 Å². The standard InChI is InChI=1S/C18H21NO6/c1-9-10(2)18(23)25-16-11(3)14(6-5-13(9)16)24-12(4)17(22)19-8-7-15(20)21/h5-6,12H,7-8H2,1-4H3,(H,19,22)(H,20,21)/p-1/t12-/m0/s1. The van der Waals surface area contributed by atoms with Gasteiger partial charge in [-0.25, -0.2) is 4.79 Å². The number of hydrogen-bond acceptors (Lipinski definition) is 6. The van der Waals surface area contributed by atoms with Crippen molar-refractivity contribution < 1.29 is 23.8 Å². The number of ether oxygens (including phenoxy) is 1. The van der Waals surface area contributed by atoms with Gasteiger partial charge in [-0.15, -0.1) is 0 Å². The summed E-state index contributed by atoms with van der Waals surface area (Å²) in [6, 6.07) is 3.50. The molecule has 0 aliphatic heterocycles. The van der Waals surface area contributed by atoms with E-state index in [2.05, 4.69) is 5.32 Å². The highest BCUT2D eigenvalue weighted by Crippen LogP contribution is 2.29. The van der Waals surface area contributed by atoms with E-state index in [1.807, 2.05) is 6.92 Å². The van der Waals surface area contributed by atoms with Crippen LogP contribution in [0.1, 0.15) is 30.0 Å². The number of carboxylic acid groups (broad SMARTS) is 1. The van der Waals surface area contributed by atoms with Crippen molar-refractivity contribution in [1.29, 1.82) is 0 Å². The minimum Gasteiger partial charge on any atom is -0.550 e. The summed E-state index contributed by atoms with van der Waals surface area (Å²) in [4.78, 5) is 34.2. The molecule has 0 fully saturated rings. The first-order valence-electron chi connectivity index (χ1n) is 7.90. The zero-order valence-corrected chi connectivity index (χ0v) is 14.6. The highest BCUT2D eigenvalue weighted by Gasteiger charge is 2.18.